The standard InChI is InChI=1S/C19H22O4/c1-6-13(14-9-7-8-10-16(14)20-2)15-11-18(22-4)19(23-5)12-17(15)21-3/h6-13H,1H2,2-5H3/t13-/m0/s1. The Balaban J connectivity index is 2.63. The maximum atomic E-state index is 5.54. The van der Waals surface area contributed by atoms with Crippen LogP contribution in [-0.2, 0) is 0 Å². The predicted octanol–water partition coefficient (Wildman–Crippen LogP) is 4.04. The van der Waals surface area contributed by atoms with Gasteiger partial charge in [-0.25, -0.2) is 0 Å². The molecule has 0 aromatic heterocycles. The third-order valence-corrected chi connectivity index (χ3v) is 3.78. The molecule has 122 valence electrons. The molecule has 23 heavy (non-hydrogen) atoms. The zero-order valence-electron chi connectivity index (χ0n) is 14.0. The first-order chi connectivity index (χ1) is 11.2. The van der Waals surface area contributed by atoms with Crippen molar-refractivity contribution in [3.63, 3.8) is 0 Å². The van der Waals surface area contributed by atoms with Crippen molar-refractivity contribution in [2.45, 2.75) is 5.92 Å². The molecule has 4 nitrogen and oxygen atoms in total. The Morgan fingerprint density at radius 1 is 0.739 bits per heavy atom. The Morgan fingerprint density at radius 3 is 1.87 bits per heavy atom. The monoisotopic (exact) mass is 314 g/mol. The maximum Gasteiger partial charge on any atom is 0.164 e. The van der Waals surface area contributed by atoms with Crippen molar-refractivity contribution in [3.05, 3.63) is 60.2 Å². The summed E-state index contributed by atoms with van der Waals surface area (Å²) in [7, 11) is 6.50. The predicted molar refractivity (Wildman–Crippen MR) is 91.1 cm³/mol. The zero-order valence-corrected chi connectivity index (χ0v) is 14.0. The van der Waals surface area contributed by atoms with Gasteiger partial charge in [-0.1, -0.05) is 24.3 Å². The second-order valence-corrected chi connectivity index (χ2v) is 4.90. The molecule has 0 radical (unpaired) electrons. The average Bonchev–Trinajstić information content (AvgIpc) is 2.62. The average molecular weight is 314 g/mol. The lowest BCUT2D eigenvalue weighted by Crippen LogP contribution is -2.04. The minimum absolute atomic E-state index is 0.0964. The highest BCUT2D eigenvalue weighted by Gasteiger charge is 2.21. The van der Waals surface area contributed by atoms with Gasteiger partial charge in [-0.15, -0.1) is 6.58 Å². The summed E-state index contributed by atoms with van der Waals surface area (Å²) in [5.74, 6) is 2.68. The Bertz CT molecular complexity index is 679. The molecule has 0 aliphatic rings. The molecule has 0 saturated heterocycles. The summed E-state index contributed by atoms with van der Waals surface area (Å²) in [6.07, 6.45) is 1.86. The lowest BCUT2D eigenvalue weighted by Gasteiger charge is -2.21. The third kappa shape index (κ3) is 3.26. The SMILES string of the molecule is C=C[C@@H](c1ccccc1OC)c1cc(OC)c(OC)cc1OC. The van der Waals surface area contributed by atoms with E-state index >= 15 is 0 Å². The molecule has 0 N–H and O–H groups in total. The Hall–Kier alpha value is -2.62. The van der Waals surface area contributed by atoms with Gasteiger partial charge in [-0.3, -0.25) is 0 Å². The largest absolute Gasteiger partial charge is 0.496 e. The Morgan fingerprint density at radius 2 is 1.30 bits per heavy atom. The lowest BCUT2D eigenvalue weighted by molar-refractivity contribution is 0.347. The van der Waals surface area contributed by atoms with Crippen LogP contribution in [0.2, 0.25) is 0 Å². The van der Waals surface area contributed by atoms with Crippen LogP contribution >= 0.6 is 0 Å². The second kappa shape index (κ2) is 7.58. The summed E-state index contributed by atoms with van der Waals surface area (Å²) in [4.78, 5) is 0. The fraction of sp³-hybridized carbons (Fsp3) is 0.263. The number of rotatable bonds is 7. The van der Waals surface area contributed by atoms with Gasteiger partial charge >= 0.3 is 0 Å². The highest BCUT2D eigenvalue weighted by atomic mass is 16.5. The molecule has 2 rings (SSSR count). The van der Waals surface area contributed by atoms with Crippen molar-refractivity contribution in [2.75, 3.05) is 28.4 Å². The zero-order chi connectivity index (χ0) is 16.8. The van der Waals surface area contributed by atoms with E-state index in [1.807, 2.05) is 42.5 Å². The van der Waals surface area contributed by atoms with Crippen molar-refractivity contribution in [1.29, 1.82) is 0 Å². The molecule has 4 heteroatoms. The lowest BCUT2D eigenvalue weighted by atomic mass is 9.89. The molecule has 1 atom stereocenters. The first-order valence-corrected chi connectivity index (χ1v) is 7.25. The maximum absolute atomic E-state index is 5.54. The van der Waals surface area contributed by atoms with E-state index in [0.29, 0.717) is 17.2 Å². The summed E-state index contributed by atoms with van der Waals surface area (Å²) >= 11 is 0. The topological polar surface area (TPSA) is 36.9 Å². The van der Waals surface area contributed by atoms with Gasteiger partial charge in [0.25, 0.3) is 0 Å². The fourth-order valence-electron chi connectivity index (χ4n) is 2.64. The van der Waals surface area contributed by atoms with Gasteiger partial charge in [0.1, 0.15) is 11.5 Å². The highest BCUT2D eigenvalue weighted by molar-refractivity contribution is 5.56. The van der Waals surface area contributed by atoms with E-state index in [1.165, 1.54) is 0 Å². The van der Waals surface area contributed by atoms with E-state index in [1.54, 1.807) is 28.4 Å². The first-order valence-electron chi connectivity index (χ1n) is 7.25. The molecule has 0 saturated carbocycles. The van der Waals surface area contributed by atoms with E-state index in [9.17, 15) is 0 Å². The first kappa shape index (κ1) is 16.7. The van der Waals surface area contributed by atoms with Crippen molar-refractivity contribution < 1.29 is 18.9 Å². The van der Waals surface area contributed by atoms with Crippen molar-refractivity contribution >= 4 is 0 Å². The van der Waals surface area contributed by atoms with Gasteiger partial charge < -0.3 is 18.9 Å². The quantitative estimate of drug-likeness (QED) is 0.723. The highest BCUT2D eigenvalue weighted by Crippen LogP contribution is 2.42. The number of hydrogen-bond acceptors (Lipinski definition) is 4. The van der Waals surface area contributed by atoms with Crippen LogP contribution in [0.25, 0.3) is 0 Å². The Kier molecular flexibility index (Phi) is 5.52. The van der Waals surface area contributed by atoms with Gasteiger partial charge in [0, 0.05) is 23.1 Å². The normalized spacial score (nSPS) is 11.5. The summed E-state index contributed by atoms with van der Waals surface area (Å²) in [6.45, 7) is 3.98. The van der Waals surface area contributed by atoms with E-state index in [4.69, 9.17) is 18.9 Å². The van der Waals surface area contributed by atoms with E-state index < -0.39 is 0 Å². The van der Waals surface area contributed by atoms with Gasteiger partial charge in [-0.2, -0.15) is 0 Å². The van der Waals surface area contributed by atoms with Crippen LogP contribution < -0.4 is 18.9 Å². The van der Waals surface area contributed by atoms with Crippen LogP contribution in [0.4, 0.5) is 0 Å². The molecule has 0 fully saturated rings. The molecule has 0 aliphatic heterocycles. The van der Waals surface area contributed by atoms with Crippen LogP contribution in [0, 0.1) is 0 Å². The molecule has 0 spiro atoms. The van der Waals surface area contributed by atoms with Crippen molar-refractivity contribution in [2.24, 2.45) is 0 Å². The molecule has 0 aliphatic carbocycles. The summed E-state index contributed by atoms with van der Waals surface area (Å²) < 4.78 is 21.8. The number of hydrogen-bond donors (Lipinski definition) is 0. The molecular formula is C19H22O4. The molecule has 0 bridgehead atoms. The van der Waals surface area contributed by atoms with E-state index in [2.05, 4.69) is 6.58 Å². The van der Waals surface area contributed by atoms with Crippen LogP contribution in [0.3, 0.4) is 0 Å². The number of para-hydroxylation sites is 1. The molecule has 0 unspecified atom stereocenters. The Labute approximate surface area is 137 Å². The fourth-order valence-corrected chi connectivity index (χ4v) is 2.64. The summed E-state index contributed by atoms with van der Waals surface area (Å²) in [6, 6.07) is 11.6. The van der Waals surface area contributed by atoms with Crippen LogP contribution in [0.5, 0.6) is 23.0 Å². The molecular weight excluding hydrogens is 292 g/mol. The van der Waals surface area contributed by atoms with E-state index in [-0.39, 0.29) is 5.92 Å². The molecule has 0 amide bonds. The summed E-state index contributed by atoms with van der Waals surface area (Å²) in [5.41, 5.74) is 1.94. The second-order valence-electron chi connectivity index (χ2n) is 4.90. The third-order valence-electron chi connectivity index (χ3n) is 3.78. The van der Waals surface area contributed by atoms with E-state index in [0.717, 1.165) is 16.9 Å². The minimum Gasteiger partial charge on any atom is -0.496 e. The van der Waals surface area contributed by atoms with Crippen LogP contribution in [0.15, 0.2) is 49.1 Å². The van der Waals surface area contributed by atoms with Gasteiger partial charge in [0.05, 0.1) is 28.4 Å². The van der Waals surface area contributed by atoms with Crippen LogP contribution in [-0.4, -0.2) is 28.4 Å². The minimum atomic E-state index is -0.0964. The molecule has 0 heterocycles. The van der Waals surface area contributed by atoms with Gasteiger partial charge in [0.2, 0.25) is 0 Å². The number of ether oxygens (including phenoxy) is 4. The number of benzene rings is 2. The van der Waals surface area contributed by atoms with Crippen molar-refractivity contribution in [1.82, 2.24) is 0 Å². The molecule has 2 aromatic rings. The van der Waals surface area contributed by atoms with Crippen molar-refractivity contribution in [3.8, 4) is 23.0 Å². The number of methoxy groups -OCH3 is 4. The smallest absolute Gasteiger partial charge is 0.164 e. The summed E-state index contributed by atoms with van der Waals surface area (Å²) in [5, 5.41) is 0. The van der Waals surface area contributed by atoms with Crippen LogP contribution in [0.1, 0.15) is 17.0 Å². The number of allylic oxidation sites excluding steroid dienone is 1. The molecule has 2 aromatic carbocycles. The van der Waals surface area contributed by atoms with Gasteiger partial charge in [0.15, 0.2) is 11.5 Å². The van der Waals surface area contributed by atoms with Gasteiger partial charge in [-0.05, 0) is 12.1 Å².